The molecule has 1 aromatic carbocycles. The standard InChI is InChI=1S/C11H12F2N2/c1-15-6-7(4-5-14)10-8(12)2-3-9(13)11(10)15/h2-3,6H,4-5,14H2,1H3. The largest absolute Gasteiger partial charge is 0.348 e. The molecule has 15 heavy (non-hydrogen) atoms. The summed E-state index contributed by atoms with van der Waals surface area (Å²) in [5.74, 6) is -0.798. The molecule has 4 heteroatoms. The van der Waals surface area contributed by atoms with E-state index in [9.17, 15) is 8.78 Å². The van der Waals surface area contributed by atoms with Crippen molar-refractivity contribution >= 4 is 10.9 Å². The predicted octanol–water partition coefficient (Wildman–Crippen LogP) is 1.96. The summed E-state index contributed by atoms with van der Waals surface area (Å²) in [5.41, 5.74) is 6.48. The van der Waals surface area contributed by atoms with Crippen LogP contribution in [0.25, 0.3) is 10.9 Å². The Morgan fingerprint density at radius 2 is 1.93 bits per heavy atom. The van der Waals surface area contributed by atoms with E-state index < -0.39 is 11.6 Å². The van der Waals surface area contributed by atoms with Crippen LogP contribution in [0.2, 0.25) is 0 Å². The lowest BCUT2D eigenvalue weighted by Gasteiger charge is -1.99. The second-order valence-corrected chi connectivity index (χ2v) is 3.56. The fourth-order valence-electron chi connectivity index (χ4n) is 1.90. The van der Waals surface area contributed by atoms with E-state index >= 15 is 0 Å². The molecule has 80 valence electrons. The van der Waals surface area contributed by atoms with Gasteiger partial charge in [-0.1, -0.05) is 0 Å². The topological polar surface area (TPSA) is 30.9 Å². The molecule has 0 atom stereocenters. The maximum Gasteiger partial charge on any atom is 0.147 e. The molecule has 0 saturated carbocycles. The van der Waals surface area contributed by atoms with E-state index in [1.165, 1.54) is 0 Å². The van der Waals surface area contributed by atoms with Gasteiger partial charge in [-0.3, -0.25) is 0 Å². The fourth-order valence-corrected chi connectivity index (χ4v) is 1.90. The third kappa shape index (κ3) is 1.51. The zero-order valence-corrected chi connectivity index (χ0v) is 8.43. The number of halogens is 2. The van der Waals surface area contributed by atoms with Crippen molar-refractivity contribution < 1.29 is 8.78 Å². The number of rotatable bonds is 2. The summed E-state index contributed by atoms with van der Waals surface area (Å²) in [7, 11) is 1.70. The Morgan fingerprint density at radius 1 is 1.27 bits per heavy atom. The van der Waals surface area contributed by atoms with Crippen molar-refractivity contribution in [3.63, 3.8) is 0 Å². The Balaban J connectivity index is 2.80. The number of hydrogen-bond donors (Lipinski definition) is 1. The first-order chi connectivity index (χ1) is 7.15. The van der Waals surface area contributed by atoms with Crippen LogP contribution in [0.3, 0.4) is 0 Å². The second-order valence-electron chi connectivity index (χ2n) is 3.56. The van der Waals surface area contributed by atoms with Gasteiger partial charge in [-0.15, -0.1) is 0 Å². The van der Waals surface area contributed by atoms with Gasteiger partial charge in [0.05, 0.1) is 5.52 Å². The number of fused-ring (bicyclic) bond motifs is 1. The Kier molecular flexibility index (Phi) is 2.44. The first-order valence-electron chi connectivity index (χ1n) is 4.77. The maximum absolute atomic E-state index is 13.5. The summed E-state index contributed by atoms with van der Waals surface area (Å²) in [6.45, 7) is 0.426. The number of nitrogens with zero attached hydrogens (tertiary/aromatic N) is 1. The Bertz CT molecular complexity index is 503. The van der Waals surface area contributed by atoms with E-state index in [2.05, 4.69) is 0 Å². The van der Waals surface area contributed by atoms with Gasteiger partial charge in [-0.25, -0.2) is 8.78 Å². The third-order valence-corrected chi connectivity index (χ3v) is 2.51. The van der Waals surface area contributed by atoms with Gasteiger partial charge < -0.3 is 10.3 Å². The van der Waals surface area contributed by atoms with Gasteiger partial charge in [-0.2, -0.15) is 0 Å². The van der Waals surface area contributed by atoms with Gasteiger partial charge in [0.1, 0.15) is 11.6 Å². The molecular weight excluding hydrogens is 198 g/mol. The van der Waals surface area contributed by atoms with Crippen LogP contribution >= 0.6 is 0 Å². The molecule has 0 amide bonds. The molecule has 0 aliphatic heterocycles. The van der Waals surface area contributed by atoms with E-state index in [0.29, 0.717) is 23.9 Å². The third-order valence-electron chi connectivity index (χ3n) is 2.51. The smallest absolute Gasteiger partial charge is 0.147 e. The van der Waals surface area contributed by atoms with Crippen LogP contribution in [-0.4, -0.2) is 11.1 Å². The van der Waals surface area contributed by atoms with Crippen LogP contribution in [0.1, 0.15) is 5.56 Å². The molecule has 0 radical (unpaired) electrons. The van der Waals surface area contributed by atoms with Crippen LogP contribution in [-0.2, 0) is 13.5 Å². The van der Waals surface area contributed by atoms with Crippen molar-refractivity contribution in [2.75, 3.05) is 6.54 Å². The molecule has 0 aliphatic carbocycles. The summed E-state index contributed by atoms with van der Waals surface area (Å²) in [6, 6.07) is 2.29. The fraction of sp³-hybridized carbons (Fsp3) is 0.273. The average molecular weight is 210 g/mol. The van der Waals surface area contributed by atoms with Crippen molar-refractivity contribution in [2.45, 2.75) is 6.42 Å². The molecule has 2 N–H and O–H groups in total. The molecule has 0 bridgehead atoms. The number of hydrogen-bond acceptors (Lipinski definition) is 1. The summed E-state index contributed by atoms with van der Waals surface area (Å²) in [6.07, 6.45) is 2.28. The number of aryl methyl sites for hydroxylation is 1. The Morgan fingerprint density at radius 3 is 2.60 bits per heavy atom. The maximum atomic E-state index is 13.5. The number of aromatic nitrogens is 1. The molecule has 2 nitrogen and oxygen atoms in total. The minimum atomic E-state index is -0.405. The SMILES string of the molecule is Cn1cc(CCN)c2c(F)ccc(F)c21. The lowest BCUT2D eigenvalue weighted by Crippen LogP contribution is -2.02. The number of benzene rings is 1. The minimum absolute atomic E-state index is 0.304. The molecule has 2 rings (SSSR count). The van der Waals surface area contributed by atoms with Gasteiger partial charge >= 0.3 is 0 Å². The van der Waals surface area contributed by atoms with E-state index in [-0.39, 0.29) is 0 Å². The first-order valence-corrected chi connectivity index (χ1v) is 4.77. The van der Waals surface area contributed by atoms with Crippen molar-refractivity contribution in [1.82, 2.24) is 4.57 Å². The lowest BCUT2D eigenvalue weighted by atomic mass is 10.1. The molecule has 1 aromatic heterocycles. The average Bonchev–Trinajstić information content (AvgIpc) is 2.51. The van der Waals surface area contributed by atoms with Gasteiger partial charge in [0, 0.05) is 18.6 Å². The van der Waals surface area contributed by atoms with E-state index in [1.54, 1.807) is 17.8 Å². The van der Waals surface area contributed by atoms with Crippen LogP contribution < -0.4 is 5.73 Å². The second kappa shape index (κ2) is 3.62. The Hall–Kier alpha value is -1.42. The first kappa shape index (κ1) is 10.1. The monoisotopic (exact) mass is 210 g/mol. The summed E-state index contributed by atoms with van der Waals surface area (Å²) in [5, 5.41) is 0.350. The van der Waals surface area contributed by atoms with Crippen molar-refractivity contribution in [2.24, 2.45) is 12.8 Å². The Labute approximate surface area is 86.3 Å². The highest BCUT2D eigenvalue weighted by atomic mass is 19.1. The van der Waals surface area contributed by atoms with E-state index in [0.717, 1.165) is 17.7 Å². The van der Waals surface area contributed by atoms with Gasteiger partial charge in [0.15, 0.2) is 0 Å². The molecule has 0 spiro atoms. The van der Waals surface area contributed by atoms with Crippen LogP contribution in [0.4, 0.5) is 8.78 Å². The molecule has 0 fully saturated rings. The molecule has 0 saturated heterocycles. The van der Waals surface area contributed by atoms with Crippen LogP contribution in [0.5, 0.6) is 0 Å². The van der Waals surface area contributed by atoms with Gasteiger partial charge in [0.2, 0.25) is 0 Å². The van der Waals surface area contributed by atoms with Crippen molar-refractivity contribution in [1.29, 1.82) is 0 Å². The highest BCUT2D eigenvalue weighted by Gasteiger charge is 2.14. The summed E-state index contributed by atoms with van der Waals surface area (Å²) < 4.78 is 28.6. The van der Waals surface area contributed by atoms with Crippen LogP contribution in [0.15, 0.2) is 18.3 Å². The van der Waals surface area contributed by atoms with E-state index in [1.807, 2.05) is 0 Å². The molecule has 1 heterocycles. The highest BCUT2D eigenvalue weighted by Crippen LogP contribution is 2.26. The summed E-state index contributed by atoms with van der Waals surface area (Å²) >= 11 is 0. The quantitative estimate of drug-likeness (QED) is 0.807. The molecule has 2 aromatic rings. The minimum Gasteiger partial charge on any atom is -0.348 e. The summed E-state index contributed by atoms with van der Waals surface area (Å²) in [4.78, 5) is 0. The zero-order valence-electron chi connectivity index (χ0n) is 8.43. The number of nitrogens with two attached hydrogens (primary N) is 1. The van der Waals surface area contributed by atoms with Crippen molar-refractivity contribution in [3.8, 4) is 0 Å². The molecule has 0 aliphatic rings. The molecule has 0 unspecified atom stereocenters. The molecular formula is C11H12F2N2. The van der Waals surface area contributed by atoms with Gasteiger partial charge in [-0.05, 0) is 30.7 Å². The zero-order chi connectivity index (χ0) is 11.0. The van der Waals surface area contributed by atoms with Crippen LogP contribution in [0, 0.1) is 11.6 Å². The lowest BCUT2D eigenvalue weighted by molar-refractivity contribution is 0.612. The van der Waals surface area contributed by atoms with E-state index in [4.69, 9.17) is 5.73 Å². The highest BCUT2D eigenvalue weighted by molar-refractivity contribution is 5.85. The van der Waals surface area contributed by atoms with Crippen molar-refractivity contribution in [3.05, 3.63) is 35.5 Å². The predicted molar refractivity (Wildman–Crippen MR) is 55.6 cm³/mol. The van der Waals surface area contributed by atoms with Gasteiger partial charge in [0.25, 0.3) is 0 Å². The normalized spacial score (nSPS) is 11.2.